The molecular formula is C27H22N2O3S2. The molecule has 1 aliphatic rings. The molecule has 3 aromatic carbocycles. The second-order valence-electron chi connectivity index (χ2n) is 7.69. The molecule has 1 aliphatic heterocycles. The number of carbonyl (C=O) groups excluding carboxylic acids is 2. The quantitative estimate of drug-likeness (QED) is 0.291. The van der Waals surface area contributed by atoms with Gasteiger partial charge in [-0.1, -0.05) is 49.0 Å². The lowest BCUT2D eigenvalue weighted by Crippen LogP contribution is -2.35. The summed E-state index contributed by atoms with van der Waals surface area (Å²) in [6, 6.07) is 26.9. The zero-order valence-electron chi connectivity index (χ0n) is 18.4. The Labute approximate surface area is 206 Å². The lowest BCUT2D eigenvalue weighted by molar-refractivity contribution is -0.117. The summed E-state index contributed by atoms with van der Waals surface area (Å²) < 4.78 is 5.17. The Balaban J connectivity index is 1.39. The van der Waals surface area contributed by atoms with Gasteiger partial charge in [0.05, 0.1) is 22.9 Å². The minimum absolute atomic E-state index is 0.0396. The Morgan fingerprint density at radius 3 is 2.29 bits per heavy atom. The maximum Gasteiger partial charge on any atom is 0.291 e. The predicted molar refractivity (Wildman–Crippen MR) is 137 cm³/mol. The highest BCUT2D eigenvalue weighted by molar-refractivity contribution is 8.00. The third-order valence-corrected chi connectivity index (χ3v) is 7.89. The van der Waals surface area contributed by atoms with E-state index in [1.807, 2.05) is 72.5 Å². The van der Waals surface area contributed by atoms with E-state index in [2.05, 4.69) is 17.4 Å². The minimum atomic E-state index is -0.311. The fourth-order valence-electron chi connectivity index (χ4n) is 3.81. The van der Waals surface area contributed by atoms with Gasteiger partial charge >= 0.3 is 0 Å². The number of hydrogen-bond acceptors (Lipinski definition) is 5. The first-order valence-corrected chi connectivity index (χ1v) is 12.6. The fraction of sp³-hybridized carbons (Fsp3) is 0.111. The molecule has 1 atom stereocenters. The molecule has 34 heavy (non-hydrogen) atoms. The molecule has 4 aromatic rings. The smallest absolute Gasteiger partial charge is 0.291 e. The van der Waals surface area contributed by atoms with Crippen molar-refractivity contribution >= 4 is 52.4 Å². The summed E-state index contributed by atoms with van der Waals surface area (Å²) >= 11 is 3.19. The van der Waals surface area contributed by atoms with Crippen LogP contribution in [0.25, 0.3) is 0 Å². The number of nitrogens with zero attached hydrogens (tertiary/aromatic N) is 1. The molecule has 2 amide bonds. The first kappa shape index (κ1) is 22.4. The summed E-state index contributed by atoms with van der Waals surface area (Å²) in [5.74, 6) is -0.0213. The molecule has 7 heteroatoms. The Kier molecular flexibility index (Phi) is 6.47. The second kappa shape index (κ2) is 9.83. The maximum absolute atomic E-state index is 13.9. The summed E-state index contributed by atoms with van der Waals surface area (Å²) in [5.41, 5.74) is 2.48. The highest BCUT2D eigenvalue weighted by Gasteiger charge is 2.32. The molecule has 0 spiro atoms. The van der Waals surface area contributed by atoms with Gasteiger partial charge in [0.1, 0.15) is 0 Å². The number of para-hydroxylation sites is 2. The molecule has 5 nitrogen and oxygen atoms in total. The monoisotopic (exact) mass is 486 g/mol. The number of furan rings is 1. The van der Waals surface area contributed by atoms with Crippen molar-refractivity contribution in [1.29, 1.82) is 0 Å². The van der Waals surface area contributed by atoms with Crippen LogP contribution in [0.5, 0.6) is 0 Å². The van der Waals surface area contributed by atoms with Crippen LogP contribution in [0.1, 0.15) is 23.9 Å². The van der Waals surface area contributed by atoms with Gasteiger partial charge in [0, 0.05) is 20.4 Å². The van der Waals surface area contributed by atoms with Gasteiger partial charge in [0.25, 0.3) is 5.91 Å². The summed E-state index contributed by atoms with van der Waals surface area (Å²) in [6.45, 7) is 2.02. The van der Waals surface area contributed by atoms with E-state index in [1.165, 1.54) is 18.0 Å². The number of benzene rings is 3. The van der Waals surface area contributed by atoms with Gasteiger partial charge in [0.2, 0.25) is 5.91 Å². The normalized spacial score (nSPS) is 13.0. The van der Waals surface area contributed by atoms with Crippen molar-refractivity contribution in [1.82, 2.24) is 0 Å². The maximum atomic E-state index is 13.9. The van der Waals surface area contributed by atoms with Crippen LogP contribution in [0.4, 0.5) is 17.1 Å². The molecule has 1 aromatic heterocycles. The van der Waals surface area contributed by atoms with E-state index in [4.69, 9.17) is 4.42 Å². The van der Waals surface area contributed by atoms with Gasteiger partial charge in [-0.3, -0.25) is 14.5 Å². The highest BCUT2D eigenvalue weighted by atomic mass is 32.2. The van der Waals surface area contributed by atoms with Crippen molar-refractivity contribution in [3.8, 4) is 0 Å². The van der Waals surface area contributed by atoms with E-state index >= 15 is 0 Å². The molecule has 0 radical (unpaired) electrons. The molecular weight excluding hydrogens is 464 g/mol. The minimum Gasteiger partial charge on any atom is -0.459 e. The molecule has 0 aliphatic carbocycles. The third kappa shape index (κ3) is 4.49. The summed E-state index contributed by atoms with van der Waals surface area (Å²) in [4.78, 5) is 31.1. The highest BCUT2D eigenvalue weighted by Crippen LogP contribution is 2.48. The number of rotatable bonds is 6. The Bertz CT molecular complexity index is 1290. The molecule has 0 fully saturated rings. The third-order valence-electron chi connectivity index (χ3n) is 5.41. The fourth-order valence-corrected chi connectivity index (χ4v) is 5.92. The van der Waals surface area contributed by atoms with E-state index in [-0.39, 0.29) is 22.8 Å². The zero-order chi connectivity index (χ0) is 23.5. The van der Waals surface area contributed by atoms with E-state index in [1.54, 1.807) is 23.9 Å². The Morgan fingerprint density at radius 1 is 0.941 bits per heavy atom. The standard InChI is InChI=1S/C27H22N2O3S2/c1-2-23(33-19-10-7-9-18(17-19)28-26(30)22-13-8-16-32-22)27(31)29-20-11-3-5-14-24(20)34-25-15-6-4-12-21(25)29/h3-17,23H,2H2,1H3,(H,28,30). The number of thioether (sulfide) groups is 1. The number of carbonyl (C=O) groups is 2. The molecule has 0 saturated carbocycles. The summed E-state index contributed by atoms with van der Waals surface area (Å²) in [7, 11) is 0. The average molecular weight is 487 g/mol. The number of amides is 2. The molecule has 5 rings (SSSR count). The lowest BCUT2D eigenvalue weighted by Gasteiger charge is -2.33. The van der Waals surface area contributed by atoms with E-state index in [9.17, 15) is 9.59 Å². The second-order valence-corrected chi connectivity index (χ2v) is 10.0. The van der Waals surface area contributed by atoms with E-state index in [0.717, 1.165) is 26.1 Å². The number of anilines is 3. The van der Waals surface area contributed by atoms with E-state index < -0.39 is 0 Å². The summed E-state index contributed by atoms with van der Waals surface area (Å²) in [6.07, 6.45) is 2.13. The van der Waals surface area contributed by atoms with E-state index in [0.29, 0.717) is 12.1 Å². The van der Waals surface area contributed by atoms with Gasteiger partial charge in [-0.15, -0.1) is 11.8 Å². The van der Waals surface area contributed by atoms with Crippen LogP contribution in [0.15, 0.2) is 110 Å². The predicted octanol–water partition coefficient (Wildman–Crippen LogP) is 7.23. The van der Waals surface area contributed by atoms with Crippen molar-refractivity contribution in [2.24, 2.45) is 0 Å². The molecule has 1 unspecified atom stereocenters. The number of hydrogen-bond donors (Lipinski definition) is 1. The molecule has 2 heterocycles. The Morgan fingerprint density at radius 2 is 1.65 bits per heavy atom. The zero-order valence-corrected chi connectivity index (χ0v) is 20.1. The van der Waals surface area contributed by atoms with Crippen LogP contribution in [-0.2, 0) is 4.79 Å². The van der Waals surface area contributed by atoms with Gasteiger partial charge in [-0.2, -0.15) is 0 Å². The molecule has 0 saturated heterocycles. The van der Waals surface area contributed by atoms with Crippen LogP contribution < -0.4 is 10.2 Å². The van der Waals surface area contributed by atoms with Crippen molar-refractivity contribution in [3.63, 3.8) is 0 Å². The van der Waals surface area contributed by atoms with Crippen molar-refractivity contribution < 1.29 is 14.0 Å². The first-order valence-electron chi connectivity index (χ1n) is 11.0. The topological polar surface area (TPSA) is 62.6 Å². The van der Waals surface area contributed by atoms with Crippen molar-refractivity contribution in [3.05, 3.63) is 97.0 Å². The first-order chi connectivity index (χ1) is 16.6. The van der Waals surface area contributed by atoms with Crippen LogP contribution in [-0.4, -0.2) is 17.1 Å². The lowest BCUT2D eigenvalue weighted by atomic mass is 10.2. The van der Waals surface area contributed by atoms with Crippen LogP contribution in [0, 0.1) is 0 Å². The van der Waals surface area contributed by atoms with Crippen molar-refractivity contribution in [2.45, 2.75) is 33.3 Å². The van der Waals surface area contributed by atoms with Crippen molar-refractivity contribution in [2.75, 3.05) is 10.2 Å². The van der Waals surface area contributed by atoms with Gasteiger partial charge < -0.3 is 9.73 Å². The van der Waals surface area contributed by atoms with Crippen LogP contribution >= 0.6 is 23.5 Å². The molecule has 0 bridgehead atoms. The summed E-state index contributed by atoms with van der Waals surface area (Å²) in [5, 5.41) is 2.56. The van der Waals surface area contributed by atoms with Gasteiger partial charge in [-0.05, 0) is 61.0 Å². The number of fused-ring (bicyclic) bond motifs is 2. The Hall–Kier alpha value is -3.42. The van der Waals surface area contributed by atoms with Crippen LogP contribution in [0.3, 0.4) is 0 Å². The largest absolute Gasteiger partial charge is 0.459 e. The van der Waals surface area contributed by atoms with Crippen LogP contribution in [0.2, 0.25) is 0 Å². The average Bonchev–Trinajstić information content (AvgIpc) is 3.41. The molecule has 1 N–H and O–H groups in total. The number of nitrogens with one attached hydrogen (secondary N) is 1. The SMILES string of the molecule is CCC(Sc1cccc(NC(=O)c2ccco2)c1)C(=O)N1c2ccccc2Sc2ccccc21. The van der Waals surface area contributed by atoms with Gasteiger partial charge in [-0.25, -0.2) is 0 Å². The molecule has 170 valence electrons. The van der Waals surface area contributed by atoms with Gasteiger partial charge in [0.15, 0.2) is 5.76 Å².